The second kappa shape index (κ2) is 5.67. The summed E-state index contributed by atoms with van der Waals surface area (Å²) in [4.78, 5) is 7.49. The number of rotatable bonds is 3. The molecule has 0 amide bonds. The Balaban J connectivity index is 1.48. The van der Waals surface area contributed by atoms with Crippen molar-refractivity contribution in [3.63, 3.8) is 0 Å². The van der Waals surface area contributed by atoms with E-state index in [-0.39, 0.29) is 0 Å². The molecular weight excluding hydrogens is 278 g/mol. The van der Waals surface area contributed by atoms with Crippen LogP contribution in [0.3, 0.4) is 0 Å². The monoisotopic (exact) mass is 301 g/mol. The van der Waals surface area contributed by atoms with Gasteiger partial charge in [-0.15, -0.1) is 11.3 Å². The Bertz CT molecular complexity index is 590. The van der Waals surface area contributed by atoms with E-state index in [1.807, 2.05) is 11.3 Å². The average Bonchev–Trinajstić information content (AvgIpc) is 3.11. The molecule has 0 bridgehead atoms. The summed E-state index contributed by atoms with van der Waals surface area (Å²) >= 11 is 1.83. The molecule has 2 aliphatic rings. The van der Waals surface area contributed by atoms with E-state index in [9.17, 15) is 0 Å². The third-order valence-corrected chi connectivity index (χ3v) is 6.22. The molecule has 0 spiro atoms. The molecule has 2 saturated heterocycles. The Kier molecular flexibility index (Phi) is 3.69. The fraction of sp³-hybridized carbons (Fsp3) is 0.588. The van der Waals surface area contributed by atoms with Crippen LogP contribution in [0.25, 0.3) is 10.2 Å². The van der Waals surface area contributed by atoms with Gasteiger partial charge in [-0.1, -0.05) is 18.6 Å². The van der Waals surface area contributed by atoms with Crippen LogP contribution in [0.4, 0.5) is 0 Å². The van der Waals surface area contributed by atoms with Gasteiger partial charge in [-0.05, 0) is 44.9 Å². The molecule has 2 fully saturated rings. The summed E-state index contributed by atoms with van der Waals surface area (Å²) in [5, 5.41) is 5.09. The summed E-state index contributed by atoms with van der Waals surface area (Å²) in [6.45, 7) is 4.84. The van der Waals surface area contributed by atoms with E-state index < -0.39 is 0 Å². The zero-order valence-corrected chi connectivity index (χ0v) is 13.4. The van der Waals surface area contributed by atoms with Crippen molar-refractivity contribution < 1.29 is 0 Å². The van der Waals surface area contributed by atoms with Gasteiger partial charge in [-0.25, -0.2) is 4.98 Å². The first kappa shape index (κ1) is 13.7. The molecule has 1 aromatic heterocycles. The topological polar surface area (TPSA) is 28.2 Å². The van der Waals surface area contributed by atoms with Gasteiger partial charge in [0.05, 0.1) is 16.3 Å². The van der Waals surface area contributed by atoms with Gasteiger partial charge in [-0.2, -0.15) is 0 Å². The largest absolute Gasteiger partial charge is 0.304 e. The van der Waals surface area contributed by atoms with E-state index in [0.29, 0.717) is 12.1 Å². The highest BCUT2D eigenvalue weighted by Crippen LogP contribution is 2.31. The number of benzene rings is 1. The molecule has 21 heavy (non-hydrogen) atoms. The maximum absolute atomic E-state index is 4.80. The highest BCUT2D eigenvalue weighted by Gasteiger charge is 2.36. The normalized spacial score (nSPS) is 27.9. The second-order valence-electron chi connectivity index (χ2n) is 6.40. The summed E-state index contributed by atoms with van der Waals surface area (Å²) in [5.41, 5.74) is 1.14. The van der Waals surface area contributed by atoms with Crippen molar-refractivity contribution in [1.29, 1.82) is 0 Å². The van der Waals surface area contributed by atoms with Gasteiger partial charge in [0.15, 0.2) is 0 Å². The minimum Gasteiger partial charge on any atom is -0.304 e. The second-order valence-corrected chi connectivity index (χ2v) is 7.46. The maximum Gasteiger partial charge on any atom is 0.111 e. The van der Waals surface area contributed by atoms with Gasteiger partial charge >= 0.3 is 0 Å². The van der Waals surface area contributed by atoms with Crippen LogP contribution in [0.15, 0.2) is 24.3 Å². The molecule has 0 aliphatic carbocycles. The molecule has 4 heteroatoms. The molecule has 1 aromatic carbocycles. The Labute approximate surface area is 130 Å². The molecular formula is C17H23N3S. The maximum atomic E-state index is 4.80. The Morgan fingerprint density at radius 3 is 3.05 bits per heavy atom. The third-order valence-electron chi connectivity index (χ3n) is 5.00. The van der Waals surface area contributed by atoms with Crippen molar-refractivity contribution in [2.45, 2.75) is 50.7 Å². The predicted molar refractivity (Wildman–Crippen MR) is 88.8 cm³/mol. The van der Waals surface area contributed by atoms with E-state index in [1.54, 1.807) is 0 Å². The zero-order valence-electron chi connectivity index (χ0n) is 12.6. The number of thiazole rings is 1. The molecule has 2 aliphatic heterocycles. The van der Waals surface area contributed by atoms with Gasteiger partial charge in [0, 0.05) is 18.6 Å². The quantitative estimate of drug-likeness (QED) is 0.939. The Morgan fingerprint density at radius 2 is 2.14 bits per heavy atom. The first-order valence-corrected chi connectivity index (χ1v) is 8.98. The van der Waals surface area contributed by atoms with Crippen LogP contribution in [0.2, 0.25) is 0 Å². The van der Waals surface area contributed by atoms with E-state index in [0.717, 1.165) is 11.6 Å². The number of aromatic nitrogens is 1. The lowest BCUT2D eigenvalue weighted by molar-refractivity contribution is 0.177. The molecule has 3 unspecified atom stereocenters. The van der Waals surface area contributed by atoms with Crippen LogP contribution in [0.5, 0.6) is 0 Å². The van der Waals surface area contributed by atoms with E-state index in [1.165, 1.54) is 48.5 Å². The fourth-order valence-corrected chi connectivity index (χ4v) is 4.89. The van der Waals surface area contributed by atoms with Gasteiger partial charge < -0.3 is 5.32 Å². The van der Waals surface area contributed by atoms with E-state index in [2.05, 4.69) is 41.4 Å². The van der Waals surface area contributed by atoms with Crippen LogP contribution >= 0.6 is 11.3 Å². The van der Waals surface area contributed by atoms with Crippen LogP contribution in [0, 0.1) is 0 Å². The molecule has 3 heterocycles. The Hall–Kier alpha value is -0.970. The third kappa shape index (κ3) is 2.60. The first-order valence-electron chi connectivity index (χ1n) is 8.17. The standard InChI is InChI=1S/C17H23N3S/c1-12(17-19-14-6-2-3-8-16(14)21-17)18-13-9-11-20-10-5-4-7-15(13)20/h2-3,6,8,12-13,15,18H,4-5,7,9-11H2,1H3. The smallest absolute Gasteiger partial charge is 0.111 e. The van der Waals surface area contributed by atoms with Gasteiger partial charge in [0.1, 0.15) is 5.01 Å². The van der Waals surface area contributed by atoms with Gasteiger partial charge in [0.2, 0.25) is 0 Å². The highest BCUT2D eigenvalue weighted by molar-refractivity contribution is 7.18. The van der Waals surface area contributed by atoms with Crippen molar-refractivity contribution in [2.75, 3.05) is 13.1 Å². The van der Waals surface area contributed by atoms with Crippen LogP contribution in [-0.4, -0.2) is 35.1 Å². The molecule has 112 valence electrons. The summed E-state index contributed by atoms with van der Waals surface area (Å²) in [5.74, 6) is 0. The number of hydrogen-bond donors (Lipinski definition) is 1. The molecule has 0 radical (unpaired) electrons. The van der Waals surface area contributed by atoms with Crippen molar-refractivity contribution in [3.8, 4) is 0 Å². The van der Waals surface area contributed by atoms with E-state index >= 15 is 0 Å². The van der Waals surface area contributed by atoms with Crippen molar-refractivity contribution in [1.82, 2.24) is 15.2 Å². The number of hydrogen-bond acceptors (Lipinski definition) is 4. The summed E-state index contributed by atoms with van der Waals surface area (Å²) in [7, 11) is 0. The average molecular weight is 301 g/mol. The minimum atomic E-state index is 0.356. The molecule has 3 nitrogen and oxygen atoms in total. The lowest BCUT2D eigenvalue weighted by Gasteiger charge is -2.33. The summed E-state index contributed by atoms with van der Waals surface area (Å²) in [6.07, 6.45) is 5.44. The van der Waals surface area contributed by atoms with Gasteiger partial charge in [0.25, 0.3) is 0 Å². The Morgan fingerprint density at radius 1 is 1.24 bits per heavy atom. The lowest BCUT2D eigenvalue weighted by Crippen LogP contribution is -2.45. The molecule has 3 atom stereocenters. The summed E-state index contributed by atoms with van der Waals surface area (Å²) < 4.78 is 1.30. The molecule has 2 aromatic rings. The van der Waals surface area contributed by atoms with Crippen LogP contribution in [-0.2, 0) is 0 Å². The van der Waals surface area contributed by atoms with Gasteiger partial charge in [-0.3, -0.25) is 4.90 Å². The lowest BCUT2D eigenvalue weighted by atomic mass is 9.98. The van der Waals surface area contributed by atoms with E-state index in [4.69, 9.17) is 4.98 Å². The number of fused-ring (bicyclic) bond motifs is 2. The van der Waals surface area contributed by atoms with Crippen molar-refractivity contribution >= 4 is 21.6 Å². The zero-order chi connectivity index (χ0) is 14.2. The fourth-order valence-electron chi connectivity index (χ4n) is 3.91. The molecule has 4 rings (SSSR count). The van der Waals surface area contributed by atoms with Crippen molar-refractivity contribution in [2.24, 2.45) is 0 Å². The highest BCUT2D eigenvalue weighted by atomic mass is 32.1. The molecule has 1 N–H and O–H groups in total. The first-order chi connectivity index (χ1) is 10.3. The minimum absolute atomic E-state index is 0.356. The van der Waals surface area contributed by atoms with Crippen LogP contribution in [0.1, 0.15) is 43.7 Å². The summed E-state index contributed by atoms with van der Waals surface area (Å²) in [6, 6.07) is 10.2. The van der Waals surface area contributed by atoms with Crippen molar-refractivity contribution in [3.05, 3.63) is 29.3 Å². The predicted octanol–water partition coefficient (Wildman–Crippen LogP) is 3.57. The number of para-hydroxylation sites is 1. The van der Waals surface area contributed by atoms with Crippen LogP contribution < -0.4 is 5.32 Å². The molecule has 0 saturated carbocycles. The SMILES string of the molecule is CC(NC1CCN2CCCCC12)c1nc2ccccc2s1. The number of piperidine rings is 1. The number of nitrogens with zero attached hydrogens (tertiary/aromatic N) is 2. The number of nitrogens with one attached hydrogen (secondary N) is 1.